The molecule has 6 heteroatoms. The summed E-state index contributed by atoms with van der Waals surface area (Å²) in [5.74, 6) is -0.922. The number of allylic oxidation sites excluding steroid dienone is 10. The summed E-state index contributed by atoms with van der Waals surface area (Å²) in [7, 11) is 0. The zero-order valence-corrected chi connectivity index (χ0v) is 44.4. The van der Waals surface area contributed by atoms with Crippen molar-refractivity contribution in [1.82, 2.24) is 0 Å². The van der Waals surface area contributed by atoms with Crippen molar-refractivity contribution in [2.24, 2.45) is 0 Å². The fourth-order valence-corrected chi connectivity index (χ4v) is 8.19. The number of carbonyl (C=O) groups excluding carboxylic acids is 3. The molecule has 0 aromatic rings. The van der Waals surface area contributed by atoms with Crippen molar-refractivity contribution in [2.75, 3.05) is 13.2 Å². The molecule has 0 aromatic carbocycles. The van der Waals surface area contributed by atoms with Crippen molar-refractivity contribution in [3.8, 4) is 0 Å². The fourth-order valence-electron chi connectivity index (χ4n) is 8.19. The van der Waals surface area contributed by atoms with Gasteiger partial charge in [0, 0.05) is 19.3 Å². The molecule has 0 aromatic heterocycles. The maximum absolute atomic E-state index is 12.8. The number of hydrogen-bond acceptors (Lipinski definition) is 6. The molecule has 67 heavy (non-hydrogen) atoms. The number of ether oxygens (including phenoxy) is 3. The lowest BCUT2D eigenvalue weighted by Gasteiger charge is -2.18. The predicted octanol–water partition coefficient (Wildman–Crippen LogP) is 19.2. The summed E-state index contributed by atoms with van der Waals surface area (Å²) in [4.78, 5) is 38.1. The van der Waals surface area contributed by atoms with E-state index in [1.54, 1.807) is 0 Å². The van der Waals surface area contributed by atoms with Crippen LogP contribution >= 0.6 is 0 Å². The molecule has 0 amide bonds. The molecule has 1 atom stereocenters. The average molecular weight is 938 g/mol. The highest BCUT2D eigenvalue weighted by molar-refractivity contribution is 5.71. The van der Waals surface area contributed by atoms with Gasteiger partial charge in [0.15, 0.2) is 6.10 Å². The van der Waals surface area contributed by atoms with Crippen LogP contribution in [0.25, 0.3) is 0 Å². The highest BCUT2D eigenvalue weighted by Crippen LogP contribution is 2.16. The lowest BCUT2D eigenvalue weighted by Crippen LogP contribution is -2.30. The first kappa shape index (κ1) is 64.1. The van der Waals surface area contributed by atoms with Gasteiger partial charge in [-0.1, -0.05) is 248 Å². The number of rotatable bonds is 52. The van der Waals surface area contributed by atoms with Gasteiger partial charge in [-0.3, -0.25) is 14.4 Å². The number of carbonyl (C=O) groups is 3. The van der Waals surface area contributed by atoms with E-state index >= 15 is 0 Å². The van der Waals surface area contributed by atoms with Gasteiger partial charge in [-0.25, -0.2) is 0 Å². The van der Waals surface area contributed by atoms with Gasteiger partial charge in [0.1, 0.15) is 13.2 Å². The summed E-state index contributed by atoms with van der Waals surface area (Å²) >= 11 is 0. The molecule has 6 nitrogen and oxygen atoms in total. The van der Waals surface area contributed by atoms with Gasteiger partial charge < -0.3 is 14.2 Å². The largest absolute Gasteiger partial charge is 0.462 e. The summed E-state index contributed by atoms with van der Waals surface area (Å²) in [5, 5.41) is 0. The molecule has 0 saturated heterocycles. The van der Waals surface area contributed by atoms with E-state index in [4.69, 9.17) is 14.2 Å². The van der Waals surface area contributed by atoms with Gasteiger partial charge in [-0.2, -0.15) is 0 Å². The number of hydrogen-bond donors (Lipinski definition) is 0. The van der Waals surface area contributed by atoms with E-state index in [9.17, 15) is 14.4 Å². The number of unbranched alkanes of at least 4 members (excludes halogenated alkanes) is 31. The molecule has 0 bridgehead atoms. The van der Waals surface area contributed by atoms with E-state index in [1.165, 1.54) is 167 Å². The first-order valence-electron chi connectivity index (χ1n) is 28.8. The van der Waals surface area contributed by atoms with Crippen LogP contribution in [0.5, 0.6) is 0 Å². The zero-order chi connectivity index (χ0) is 48.6. The topological polar surface area (TPSA) is 78.9 Å². The Morgan fingerprint density at radius 1 is 0.313 bits per heavy atom. The highest BCUT2D eigenvalue weighted by atomic mass is 16.6. The van der Waals surface area contributed by atoms with Crippen molar-refractivity contribution >= 4 is 17.9 Å². The minimum Gasteiger partial charge on any atom is -0.462 e. The molecule has 0 spiro atoms. The summed E-state index contributed by atoms with van der Waals surface area (Å²) in [5.41, 5.74) is 0. The second kappa shape index (κ2) is 55.7. The molecular weight excluding hydrogens is 829 g/mol. The van der Waals surface area contributed by atoms with Crippen LogP contribution < -0.4 is 0 Å². The van der Waals surface area contributed by atoms with E-state index in [-0.39, 0.29) is 31.1 Å². The van der Waals surface area contributed by atoms with Gasteiger partial charge in [0.25, 0.3) is 0 Å². The zero-order valence-electron chi connectivity index (χ0n) is 44.4. The van der Waals surface area contributed by atoms with Crippen molar-refractivity contribution < 1.29 is 28.6 Å². The van der Waals surface area contributed by atoms with Crippen LogP contribution in [0, 0.1) is 0 Å². The lowest BCUT2D eigenvalue weighted by atomic mass is 10.0. The van der Waals surface area contributed by atoms with E-state index in [0.717, 1.165) is 83.5 Å². The Labute approximate surface area is 415 Å². The third-order valence-electron chi connectivity index (χ3n) is 12.5. The van der Waals surface area contributed by atoms with Crippen molar-refractivity contribution in [1.29, 1.82) is 0 Å². The van der Waals surface area contributed by atoms with E-state index in [0.29, 0.717) is 19.3 Å². The molecule has 0 aliphatic rings. The quantitative estimate of drug-likeness (QED) is 0.0262. The van der Waals surface area contributed by atoms with Crippen LogP contribution in [0.4, 0.5) is 0 Å². The van der Waals surface area contributed by atoms with Crippen LogP contribution in [0.3, 0.4) is 0 Å². The SMILES string of the molecule is CC/C=C\C/C=C\C/C=C\C/C=C\CCCCC(=O)OC[C@H](COC(=O)CCCCCCCCCCCCCCCCCCCCC)OC(=O)CCCCCCCCC/C=C\CCCCCC. The van der Waals surface area contributed by atoms with Gasteiger partial charge in [0.05, 0.1) is 0 Å². The molecule has 0 fully saturated rings. The second-order valence-corrected chi connectivity index (χ2v) is 19.2. The van der Waals surface area contributed by atoms with Gasteiger partial charge in [0.2, 0.25) is 0 Å². The summed E-state index contributed by atoms with van der Waals surface area (Å²) in [6.45, 7) is 6.51. The Morgan fingerprint density at radius 3 is 0.970 bits per heavy atom. The third-order valence-corrected chi connectivity index (χ3v) is 12.5. The Bertz CT molecular complexity index is 1210. The second-order valence-electron chi connectivity index (χ2n) is 19.2. The molecule has 388 valence electrons. The summed E-state index contributed by atoms with van der Waals surface area (Å²) in [6, 6.07) is 0. The Kier molecular flexibility index (Phi) is 53.3. The predicted molar refractivity (Wildman–Crippen MR) is 288 cm³/mol. The molecule has 0 aliphatic heterocycles. The first-order valence-corrected chi connectivity index (χ1v) is 28.8. The molecule has 0 radical (unpaired) electrons. The molecular formula is C61H108O6. The van der Waals surface area contributed by atoms with Crippen LogP contribution in [-0.2, 0) is 28.6 Å². The smallest absolute Gasteiger partial charge is 0.306 e. The van der Waals surface area contributed by atoms with E-state index in [1.807, 2.05) is 0 Å². The normalized spacial score (nSPS) is 12.5. The maximum atomic E-state index is 12.8. The minimum atomic E-state index is -0.791. The monoisotopic (exact) mass is 937 g/mol. The van der Waals surface area contributed by atoms with E-state index in [2.05, 4.69) is 81.5 Å². The molecule has 0 unspecified atom stereocenters. The van der Waals surface area contributed by atoms with Crippen LogP contribution in [0.2, 0.25) is 0 Å². The van der Waals surface area contributed by atoms with Crippen molar-refractivity contribution in [3.63, 3.8) is 0 Å². The van der Waals surface area contributed by atoms with Crippen LogP contribution in [-0.4, -0.2) is 37.2 Å². The standard InChI is InChI=1S/C61H108O6/c1-4-7-10-13-16-19-22-25-28-29-30-31-34-36-39-42-45-48-51-54-60(63)66-57-58(67-61(64)55-52-49-46-43-40-37-33-27-24-21-18-15-12-9-6-3)56-65-59(62)53-50-47-44-41-38-35-32-26-23-20-17-14-11-8-5-2/h8,11,17,20-21,24,26,32,38,41,58H,4-7,9-10,12-16,18-19,22-23,25,27-31,33-37,39-40,42-57H2,1-3H3/b11-8-,20-17-,24-21-,32-26-,41-38-/t58-/m1/s1. The van der Waals surface area contributed by atoms with Gasteiger partial charge in [-0.15, -0.1) is 0 Å². The summed E-state index contributed by atoms with van der Waals surface area (Å²) < 4.78 is 16.8. The van der Waals surface area contributed by atoms with Gasteiger partial charge in [-0.05, 0) is 83.5 Å². The average Bonchev–Trinajstić information content (AvgIpc) is 3.33. The fraction of sp³-hybridized carbons (Fsp3) is 0.787. The van der Waals surface area contributed by atoms with Crippen LogP contribution in [0.15, 0.2) is 60.8 Å². The third kappa shape index (κ3) is 53.9. The van der Waals surface area contributed by atoms with Crippen molar-refractivity contribution in [2.45, 2.75) is 297 Å². The maximum Gasteiger partial charge on any atom is 0.306 e. The Hall–Kier alpha value is -2.89. The minimum absolute atomic E-state index is 0.0865. The molecule has 0 saturated carbocycles. The molecule has 0 N–H and O–H groups in total. The lowest BCUT2D eigenvalue weighted by molar-refractivity contribution is -0.167. The first-order chi connectivity index (χ1) is 33.0. The van der Waals surface area contributed by atoms with Gasteiger partial charge >= 0.3 is 17.9 Å². The highest BCUT2D eigenvalue weighted by Gasteiger charge is 2.19. The summed E-state index contributed by atoms with van der Waals surface area (Å²) in [6.07, 6.45) is 69.3. The molecule has 0 heterocycles. The molecule has 0 rings (SSSR count). The van der Waals surface area contributed by atoms with Crippen LogP contribution in [0.1, 0.15) is 290 Å². The number of esters is 3. The van der Waals surface area contributed by atoms with E-state index < -0.39 is 6.10 Å². The van der Waals surface area contributed by atoms with Crippen molar-refractivity contribution in [3.05, 3.63) is 60.8 Å². The molecule has 0 aliphatic carbocycles. The Morgan fingerprint density at radius 2 is 0.582 bits per heavy atom. The Balaban J connectivity index is 4.38.